The van der Waals surface area contributed by atoms with Gasteiger partial charge in [-0.3, -0.25) is 0 Å². The van der Waals surface area contributed by atoms with E-state index in [1.165, 1.54) is 28.6 Å². The Morgan fingerprint density at radius 2 is 1.41 bits per heavy atom. The molecule has 6 nitrogen and oxygen atoms in total. The molecular formula is C19H26N2O4S2. The van der Waals surface area contributed by atoms with Gasteiger partial charge in [0.05, 0.1) is 9.79 Å². The average Bonchev–Trinajstić information content (AvgIpc) is 2.64. The van der Waals surface area contributed by atoms with Crippen molar-refractivity contribution in [3.63, 3.8) is 0 Å². The molecule has 2 aromatic rings. The molecule has 27 heavy (non-hydrogen) atoms. The Kier molecular flexibility index (Phi) is 7.16. The molecule has 148 valence electrons. The van der Waals surface area contributed by atoms with E-state index in [1.54, 1.807) is 13.8 Å². The van der Waals surface area contributed by atoms with E-state index in [-0.39, 0.29) is 16.3 Å². The predicted molar refractivity (Wildman–Crippen MR) is 107 cm³/mol. The van der Waals surface area contributed by atoms with Crippen molar-refractivity contribution in [2.45, 2.75) is 37.0 Å². The summed E-state index contributed by atoms with van der Waals surface area (Å²) in [6.07, 6.45) is 0.584. The van der Waals surface area contributed by atoms with Gasteiger partial charge in [0.25, 0.3) is 0 Å². The van der Waals surface area contributed by atoms with Crippen LogP contribution in [0.1, 0.15) is 25.0 Å². The van der Waals surface area contributed by atoms with E-state index in [2.05, 4.69) is 4.72 Å². The summed E-state index contributed by atoms with van der Waals surface area (Å²) in [5.41, 5.74) is 2.20. The first-order chi connectivity index (χ1) is 12.7. The fourth-order valence-electron chi connectivity index (χ4n) is 2.80. The molecule has 0 fully saturated rings. The third-order valence-corrected chi connectivity index (χ3v) is 7.97. The SMILES string of the molecule is CCN(CC)S(=O)(=O)c1ccc(S(=O)(=O)NCCc2ccccc2C)cc1. The molecule has 0 saturated carbocycles. The first-order valence-corrected chi connectivity index (χ1v) is 11.8. The fourth-order valence-corrected chi connectivity index (χ4v) is 5.29. The van der Waals surface area contributed by atoms with Crippen LogP contribution in [0.3, 0.4) is 0 Å². The smallest absolute Gasteiger partial charge is 0.211 e. The third-order valence-electron chi connectivity index (χ3n) is 4.42. The van der Waals surface area contributed by atoms with E-state index in [9.17, 15) is 16.8 Å². The molecular weight excluding hydrogens is 384 g/mol. The van der Waals surface area contributed by atoms with Gasteiger partial charge in [-0.05, 0) is 48.7 Å². The Morgan fingerprint density at radius 3 is 1.96 bits per heavy atom. The molecule has 0 aliphatic rings. The highest BCUT2D eigenvalue weighted by atomic mass is 32.2. The second-order valence-corrected chi connectivity index (χ2v) is 9.84. The molecule has 0 bridgehead atoms. The van der Waals surface area contributed by atoms with Crippen molar-refractivity contribution in [1.82, 2.24) is 9.03 Å². The molecule has 0 spiro atoms. The summed E-state index contributed by atoms with van der Waals surface area (Å²) in [6, 6.07) is 13.1. The van der Waals surface area contributed by atoms with Crippen LogP contribution in [0, 0.1) is 6.92 Å². The molecule has 0 unspecified atom stereocenters. The van der Waals surface area contributed by atoms with E-state index in [0.29, 0.717) is 19.5 Å². The highest BCUT2D eigenvalue weighted by Gasteiger charge is 2.22. The summed E-state index contributed by atoms with van der Waals surface area (Å²) in [7, 11) is -7.30. The van der Waals surface area contributed by atoms with E-state index in [0.717, 1.165) is 11.1 Å². The molecule has 0 atom stereocenters. The maximum absolute atomic E-state index is 12.5. The quantitative estimate of drug-likeness (QED) is 0.689. The minimum absolute atomic E-state index is 0.0470. The standard InChI is InChI=1S/C19H26N2O4S2/c1-4-21(5-2)27(24,25)19-12-10-18(11-13-19)26(22,23)20-15-14-17-9-7-6-8-16(17)3/h6-13,20H,4-5,14-15H2,1-3H3. The Balaban J connectivity index is 2.10. The molecule has 0 aliphatic carbocycles. The van der Waals surface area contributed by atoms with Gasteiger partial charge >= 0.3 is 0 Å². The zero-order valence-electron chi connectivity index (χ0n) is 15.8. The van der Waals surface area contributed by atoms with Crippen molar-refractivity contribution in [2.24, 2.45) is 0 Å². The summed E-state index contributed by atoms with van der Waals surface area (Å²) >= 11 is 0. The monoisotopic (exact) mass is 410 g/mol. The molecule has 1 N–H and O–H groups in total. The van der Waals surface area contributed by atoms with E-state index in [4.69, 9.17) is 0 Å². The number of sulfonamides is 2. The van der Waals surface area contributed by atoms with Gasteiger partial charge in [0.2, 0.25) is 20.0 Å². The van der Waals surface area contributed by atoms with Crippen molar-refractivity contribution < 1.29 is 16.8 Å². The van der Waals surface area contributed by atoms with Gasteiger partial charge in [0, 0.05) is 19.6 Å². The topological polar surface area (TPSA) is 83.6 Å². The molecule has 0 saturated heterocycles. The van der Waals surface area contributed by atoms with Crippen LogP contribution in [-0.2, 0) is 26.5 Å². The lowest BCUT2D eigenvalue weighted by molar-refractivity contribution is 0.445. The highest BCUT2D eigenvalue weighted by molar-refractivity contribution is 7.89. The van der Waals surface area contributed by atoms with Crippen LogP contribution < -0.4 is 4.72 Å². The highest BCUT2D eigenvalue weighted by Crippen LogP contribution is 2.18. The van der Waals surface area contributed by atoms with Crippen LogP contribution in [0.2, 0.25) is 0 Å². The number of hydrogen-bond acceptors (Lipinski definition) is 4. The predicted octanol–water partition coefficient (Wildman–Crippen LogP) is 2.55. The van der Waals surface area contributed by atoms with Crippen molar-refractivity contribution in [3.05, 3.63) is 59.7 Å². The minimum atomic E-state index is -3.70. The van der Waals surface area contributed by atoms with E-state index in [1.807, 2.05) is 31.2 Å². The Hall–Kier alpha value is -1.74. The lowest BCUT2D eigenvalue weighted by Gasteiger charge is -2.18. The van der Waals surface area contributed by atoms with Crippen LogP contribution in [-0.4, -0.2) is 40.8 Å². The zero-order chi connectivity index (χ0) is 20.1. The van der Waals surface area contributed by atoms with Crippen LogP contribution in [0.5, 0.6) is 0 Å². The van der Waals surface area contributed by atoms with Crippen LogP contribution >= 0.6 is 0 Å². The molecule has 0 aromatic heterocycles. The fraction of sp³-hybridized carbons (Fsp3) is 0.368. The van der Waals surface area contributed by atoms with Crippen molar-refractivity contribution in [1.29, 1.82) is 0 Å². The van der Waals surface area contributed by atoms with Gasteiger partial charge in [-0.25, -0.2) is 21.6 Å². The average molecular weight is 411 g/mol. The van der Waals surface area contributed by atoms with Crippen LogP contribution in [0.15, 0.2) is 58.3 Å². The Bertz CT molecular complexity index is 965. The first-order valence-electron chi connectivity index (χ1n) is 8.86. The molecule has 0 aliphatic heterocycles. The minimum Gasteiger partial charge on any atom is -0.211 e. The van der Waals surface area contributed by atoms with E-state index < -0.39 is 20.0 Å². The Morgan fingerprint density at radius 1 is 0.852 bits per heavy atom. The van der Waals surface area contributed by atoms with Gasteiger partial charge in [0.15, 0.2) is 0 Å². The van der Waals surface area contributed by atoms with Crippen LogP contribution in [0.4, 0.5) is 0 Å². The summed E-state index contributed by atoms with van der Waals surface area (Å²) in [5.74, 6) is 0. The maximum atomic E-state index is 12.5. The third kappa shape index (κ3) is 5.16. The largest absolute Gasteiger partial charge is 0.243 e. The number of rotatable bonds is 9. The first kappa shape index (κ1) is 21.6. The summed E-state index contributed by atoms with van der Waals surface area (Å²) < 4.78 is 53.7. The molecule has 2 aromatic carbocycles. The maximum Gasteiger partial charge on any atom is 0.243 e. The van der Waals surface area contributed by atoms with Crippen molar-refractivity contribution >= 4 is 20.0 Å². The number of nitrogens with zero attached hydrogens (tertiary/aromatic N) is 1. The van der Waals surface area contributed by atoms with Crippen molar-refractivity contribution in [3.8, 4) is 0 Å². The lowest BCUT2D eigenvalue weighted by Crippen LogP contribution is -2.30. The summed E-state index contributed by atoms with van der Waals surface area (Å²) in [5, 5.41) is 0. The molecule has 0 radical (unpaired) electrons. The number of hydrogen-bond donors (Lipinski definition) is 1. The number of aryl methyl sites for hydroxylation is 1. The summed E-state index contributed by atoms with van der Waals surface area (Å²) in [4.78, 5) is 0.135. The van der Waals surface area contributed by atoms with Gasteiger partial charge < -0.3 is 0 Å². The molecule has 8 heteroatoms. The van der Waals surface area contributed by atoms with Gasteiger partial charge in [-0.2, -0.15) is 4.31 Å². The van der Waals surface area contributed by atoms with Gasteiger partial charge in [-0.1, -0.05) is 38.1 Å². The number of nitrogens with one attached hydrogen (secondary N) is 1. The zero-order valence-corrected chi connectivity index (χ0v) is 17.5. The van der Waals surface area contributed by atoms with E-state index >= 15 is 0 Å². The normalized spacial score (nSPS) is 12.4. The summed E-state index contributed by atoms with van der Waals surface area (Å²) in [6.45, 7) is 6.50. The second-order valence-electron chi connectivity index (χ2n) is 6.13. The number of benzene rings is 2. The molecule has 0 heterocycles. The van der Waals surface area contributed by atoms with Gasteiger partial charge in [-0.15, -0.1) is 0 Å². The Labute approximate surface area is 162 Å². The van der Waals surface area contributed by atoms with Crippen LogP contribution in [0.25, 0.3) is 0 Å². The second kappa shape index (κ2) is 8.97. The molecule has 0 amide bonds. The van der Waals surface area contributed by atoms with Gasteiger partial charge in [0.1, 0.15) is 0 Å². The molecule has 2 rings (SSSR count). The van der Waals surface area contributed by atoms with Crippen molar-refractivity contribution in [2.75, 3.05) is 19.6 Å². The lowest BCUT2D eigenvalue weighted by atomic mass is 10.1.